The van der Waals surface area contributed by atoms with Crippen LogP contribution in [0.15, 0.2) is 30.3 Å². The lowest BCUT2D eigenvalue weighted by molar-refractivity contribution is -0.194. The molecule has 0 fully saturated rings. The van der Waals surface area contributed by atoms with Crippen molar-refractivity contribution in [3.63, 3.8) is 0 Å². The van der Waals surface area contributed by atoms with Gasteiger partial charge in [-0.2, -0.15) is 0 Å². The molecule has 1 atom stereocenters. The highest BCUT2D eigenvalue weighted by atomic mass is 31.2. The van der Waals surface area contributed by atoms with Crippen molar-refractivity contribution in [2.75, 3.05) is 46.1 Å². The van der Waals surface area contributed by atoms with Gasteiger partial charge >= 0.3 is 0 Å². The average molecular weight is 418 g/mol. The fraction of sp³-hybridized carbons (Fsp3) is 0.700. The lowest BCUT2D eigenvalue weighted by Crippen LogP contribution is -2.32. The van der Waals surface area contributed by atoms with E-state index in [1.807, 2.05) is 0 Å². The van der Waals surface area contributed by atoms with Gasteiger partial charge in [0, 0.05) is 24.9 Å². The third kappa shape index (κ3) is 14.2. The number of nitrogens with zero attached hydrogens (tertiary/aromatic N) is 1. The molecule has 164 valence electrons. The van der Waals surface area contributed by atoms with Crippen LogP contribution in [0.3, 0.4) is 0 Å². The van der Waals surface area contributed by atoms with Gasteiger partial charge in [0.15, 0.2) is 7.60 Å². The molecule has 0 saturated carbocycles. The van der Waals surface area contributed by atoms with E-state index in [0.29, 0.717) is 26.2 Å². The second-order valence-corrected chi connectivity index (χ2v) is 8.22. The second-order valence-electron chi connectivity index (χ2n) is 6.45. The quantitative estimate of drug-likeness (QED) is 0.292. The average Bonchev–Trinajstić information content (AvgIpc) is 2.69. The largest absolute Gasteiger partial charge is 0.775 e. The minimum Gasteiger partial charge on any atom is -0.775 e. The standard InChI is InChI=1S/C14H23O3P.C6H15NO3/c1-2-3-4-5-6-10-13-17-18(15,16)14-11-8-7-9-12-14;8-4-1-7(2-5-9)3-6-10/h7-9,11-12H,2-6,10,13H2,1H3,(H,15,16);8-10H,1-6H2/p-1. The first-order chi connectivity index (χ1) is 13.5. The van der Waals surface area contributed by atoms with E-state index in [-0.39, 0.29) is 25.1 Å². The molecule has 7 nitrogen and oxygen atoms in total. The van der Waals surface area contributed by atoms with Crippen LogP contribution in [0.1, 0.15) is 45.4 Å². The van der Waals surface area contributed by atoms with E-state index < -0.39 is 7.60 Å². The van der Waals surface area contributed by atoms with Gasteiger partial charge in [0.1, 0.15) is 0 Å². The van der Waals surface area contributed by atoms with E-state index >= 15 is 0 Å². The molecule has 1 aromatic carbocycles. The zero-order valence-electron chi connectivity index (χ0n) is 17.0. The van der Waals surface area contributed by atoms with Crippen LogP contribution in [0.5, 0.6) is 0 Å². The second kappa shape index (κ2) is 18.3. The van der Waals surface area contributed by atoms with Crippen molar-refractivity contribution in [3.8, 4) is 0 Å². The molecule has 0 heterocycles. The van der Waals surface area contributed by atoms with Crippen molar-refractivity contribution < 1.29 is 29.3 Å². The zero-order chi connectivity index (χ0) is 21.1. The highest BCUT2D eigenvalue weighted by Gasteiger charge is 2.10. The molecular formula is C20H37NO6P-. The normalized spacial score (nSPS) is 13.1. The molecule has 1 aromatic rings. The van der Waals surface area contributed by atoms with Crippen molar-refractivity contribution in [2.24, 2.45) is 0 Å². The first-order valence-electron chi connectivity index (χ1n) is 10.1. The Balaban J connectivity index is 0.000000621. The summed E-state index contributed by atoms with van der Waals surface area (Å²) in [6.07, 6.45) is 6.71. The van der Waals surface area contributed by atoms with Gasteiger partial charge < -0.3 is 29.3 Å². The molecular weight excluding hydrogens is 381 g/mol. The summed E-state index contributed by atoms with van der Waals surface area (Å²) < 4.78 is 16.8. The van der Waals surface area contributed by atoms with Crippen molar-refractivity contribution >= 4 is 12.9 Å². The van der Waals surface area contributed by atoms with Gasteiger partial charge in [-0.15, -0.1) is 0 Å². The van der Waals surface area contributed by atoms with Crippen molar-refractivity contribution in [2.45, 2.75) is 45.4 Å². The Bertz CT molecular complexity index is 488. The smallest absolute Gasteiger partial charge is 0.165 e. The zero-order valence-corrected chi connectivity index (χ0v) is 17.9. The molecule has 0 aliphatic heterocycles. The molecule has 1 rings (SSSR count). The molecule has 28 heavy (non-hydrogen) atoms. The molecule has 0 bridgehead atoms. The predicted octanol–water partition coefficient (Wildman–Crippen LogP) is 1.51. The number of benzene rings is 1. The van der Waals surface area contributed by atoms with Gasteiger partial charge in [0.25, 0.3) is 0 Å². The van der Waals surface area contributed by atoms with Gasteiger partial charge in [-0.3, -0.25) is 4.90 Å². The number of aliphatic hydroxyl groups is 3. The maximum absolute atomic E-state index is 11.8. The Kier molecular flexibility index (Phi) is 17.7. The van der Waals surface area contributed by atoms with Crippen LogP contribution in [0.4, 0.5) is 0 Å². The summed E-state index contributed by atoms with van der Waals surface area (Å²) in [6, 6.07) is 8.32. The summed E-state index contributed by atoms with van der Waals surface area (Å²) in [6.45, 7) is 4.22. The molecule has 0 aromatic heterocycles. The molecule has 8 heteroatoms. The molecule has 3 N–H and O–H groups in total. The molecule has 0 aliphatic carbocycles. The third-order valence-electron chi connectivity index (χ3n) is 4.08. The van der Waals surface area contributed by atoms with Crippen LogP contribution >= 0.6 is 7.60 Å². The topological polar surface area (TPSA) is 113 Å². The molecule has 0 radical (unpaired) electrons. The van der Waals surface area contributed by atoms with Crippen molar-refractivity contribution in [1.82, 2.24) is 4.90 Å². The molecule has 0 saturated heterocycles. The summed E-state index contributed by atoms with van der Waals surface area (Å²) in [5.74, 6) is 0. The summed E-state index contributed by atoms with van der Waals surface area (Å²) in [4.78, 5) is 13.6. The Labute approximate surface area is 169 Å². The maximum Gasteiger partial charge on any atom is 0.165 e. The Hall–Kier alpha value is -0.790. The van der Waals surface area contributed by atoms with Gasteiger partial charge in [0.05, 0.1) is 26.4 Å². The van der Waals surface area contributed by atoms with Crippen LogP contribution in [0, 0.1) is 0 Å². The van der Waals surface area contributed by atoms with E-state index in [2.05, 4.69) is 6.92 Å². The summed E-state index contributed by atoms with van der Waals surface area (Å²) in [5.41, 5.74) is 0. The highest BCUT2D eigenvalue weighted by molar-refractivity contribution is 7.59. The highest BCUT2D eigenvalue weighted by Crippen LogP contribution is 2.35. The van der Waals surface area contributed by atoms with Crippen LogP contribution in [-0.2, 0) is 9.09 Å². The van der Waals surface area contributed by atoms with E-state index in [0.717, 1.165) is 19.3 Å². The molecule has 0 aliphatic rings. The van der Waals surface area contributed by atoms with Crippen molar-refractivity contribution in [1.29, 1.82) is 0 Å². The van der Waals surface area contributed by atoms with Crippen LogP contribution in [-0.4, -0.2) is 66.3 Å². The lowest BCUT2D eigenvalue weighted by Gasteiger charge is -2.23. The van der Waals surface area contributed by atoms with Gasteiger partial charge in [-0.1, -0.05) is 69.4 Å². The first-order valence-corrected chi connectivity index (χ1v) is 11.6. The van der Waals surface area contributed by atoms with E-state index in [1.54, 1.807) is 35.2 Å². The lowest BCUT2D eigenvalue weighted by atomic mass is 10.1. The first kappa shape index (κ1) is 27.2. The molecule has 1 unspecified atom stereocenters. The van der Waals surface area contributed by atoms with Crippen molar-refractivity contribution in [3.05, 3.63) is 30.3 Å². The summed E-state index contributed by atoms with van der Waals surface area (Å²) >= 11 is 0. The van der Waals surface area contributed by atoms with Crippen LogP contribution in [0.25, 0.3) is 0 Å². The minimum absolute atomic E-state index is 0.0694. The fourth-order valence-corrected chi connectivity index (χ4v) is 3.57. The predicted molar refractivity (Wildman–Crippen MR) is 111 cm³/mol. The van der Waals surface area contributed by atoms with E-state index in [9.17, 15) is 9.46 Å². The third-order valence-corrected chi connectivity index (χ3v) is 5.53. The molecule has 0 spiro atoms. The van der Waals surface area contributed by atoms with Gasteiger partial charge in [-0.05, 0) is 6.42 Å². The van der Waals surface area contributed by atoms with E-state index in [1.165, 1.54) is 19.3 Å². The summed E-state index contributed by atoms with van der Waals surface area (Å²) in [7, 11) is -3.86. The maximum atomic E-state index is 11.8. The number of rotatable bonds is 15. The Morgan fingerprint density at radius 3 is 1.89 bits per heavy atom. The summed E-state index contributed by atoms with van der Waals surface area (Å²) in [5, 5.41) is 25.7. The SMILES string of the molecule is CCCCCCCCOP(=O)([O-])c1ccccc1.OCCN(CCO)CCO. The van der Waals surface area contributed by atoms with Crippen LogP contribution in [0.2, 0.25) is 0 Å². The number of hydrogen-bond donors (Lipinski definition) is 3. The minimum atomic E-state index is -3.86. The van der Waals surface area contributed by atoms with Crippen LogP contribution < -0.4 is 10.2 Å². The Morgan fingerprint density at radius 2 is 1.39 bits per heavy atom. The van der Waals surface area contributed by atoms with Gasteiger partial charge in [-0.25, -0.2) is 0 Å². The number of aliphatic hydroxyl groups excluding tert-OH is 3. The Morgan fingerprint density at radius 1 is 0.893 bits per heavy atom. The fourth-order valence-electron chi connectivity index (χ4n) is 2.51. The monoisotopic (exact) mass is 418 g/mol. The molecule has 0 amide bonds. The van der Waals surface area contributed by atoms with Gasteiger partial charge in [0.2, 0.25) is 0 Å². The number of unbranched alkanes of at least 4 members (excludes halogenated alkanes) is 5. The van der Waals surface area contributed by atoms with E-state index in [4.69, 9.17) is 19.8 Å². The number of hydrogen-bond acceptors (Lipinski definition) is 7.